The molecule has 2 rings (SSSR count). The molecule has 17 heavy (non-hydrogen) atoms. The van der Waals surface area contributed by atoms with Crippen molar-refractivity contribution < 1.29 is 14.3 Å². The molecule has 1 aromatic carbocycles. The fraction of sp³-hybridized carbons (Fsp3) is 0.462. The van der Waals surface area contributed by atoms with E-state index in [1.807, 2.05) is 7.05 Å². The number of fused-ring (bicyclic) bond motifs is 1. The van der Waals surface area contributed by atoms with Gasteiger partial charge in [0.2, 0.25) is 0 Å². The summed E-state index contributed by atoms with van der Waals surface area (Å²) in [6.45, 7) is 1.75. The van der Waals surface area contributed by atoms with Crippen LogP contribution >= 0.6 is 0 Å². The summed E-state index contributed by atoms with van der Waals surface area (Å²) in [4.78, 5) is 13.3. The minimum absolute atomic E-state index is 0.637. The lowest BCUT2D eigenvalue weighted by Gasteiger charge is -2.28. The summed E-state index contributed by atoms with van der Waals surface area (Å²) in [7, 11) is 5.28. The van der Waals surface area contributed by atoms with E-state index in [1.54, 1.807) is 20.3 Å². The maximum Gasteiger partial charge on any atom is 0.164 e. The number of nitrogens with zero attached hydrogens (tertiary/aromatic N) is 1. The fourth-order valence-corrected chi connectivity index (χ4v) is 2.34. The Bertz CT molecular complexity index is 443. The second-order valence-electron chi connectivity index (χ2n) is 4.26. The largest absolute Gasteiger partial charge is 0.493 e. The van der Waals surface area contributed by atoms with Gasteiger partial charge in [-0.1, -0.05) is 0 Å². The molecule has 1 aromatic rings. The number of aldehydes is 1. The smallest absolute Gasteiger partial charge is 0.164 e. The van der Waals surface area contributed by atoms with Gasteiger partial charge in [0, 0.05) is 24.2 Å². The average molecular weight is 235 g/mol. The number of hydrogen-bond acceptors (Lipinski definition) is 4. The Kier molecular flexibility index (Phi) is 3.33. The zero-order valence-corrected chi connectivity index (χ0v) is 10.4. The Morgan fingerprint density at radius 2 is 2.06 bits per heavy atom. The van der Waals surface area contributed by atoms with E-state index in [4.69, 9.17) is 9.47 Å². The molecule has 0 amide bonds. The van der Waals surface area contributed by atoms with Crippen molar-refractivity contribution in [3.63, 3.8) is 0 Å². The van der Waals surface area contributed by atoms with Crippen molar-refractivity contribution in [1.29, 1.82) is 0 Å². The summed E-state index contributed by atoms with van der Waals surface area (Å²) in [5.74, 6) is 1.40. The first-order valence-electron chi connectivity index (χ1n) is 5.61. The van der Waals surface area contributed by atoms with Gasteiger partial charge in [-0.2, -0.15) is 0 Å². The minimum atomic E-state index is 0.637. The van der Waals surface area contributed by atoms with Crippen molar-refractivity contribution in [2.24, 2.45) is 0 Å². The maximum absolute atomic E-state index is 11.1. The molecular formula is C13H17NO3. The Morgan fingerprint density at radius 1 is 1.29 bits per heavy atom. The highest BCUT2D eigenvalue weighted by molar-refractivity contribution is 5.80. The van der Waals surface area contributed by atoms with Crippen molar-refractivity contribution in [3.8, 4) is 11.5 Å². The van der Waals surface area contributed by atoms with E-state index in [2.05, 4.69) is 4.90 Å². The summed E-state index contributed by atoms with van der Waals surface area (Å²) < 4.78 is 10.7. The molecule has 1 heterocycles. The van der Waals surface area contributed by atoms with Crippen LogP contribution in [0.1, 0.15) is 21.5 Å². The van der Waals surface area contributed by atoms with Crippen molar-refractivity contribution in [1.82, 2.24) is 4.90 Å². The number of benzene rings is 1. The first kappa shape index (κ1) is 11.9. The van der Waals surface area contributed by atoms with E-state index in [-0.39, 0.29) is 0 Å². The van der Waals surface area contributed by atoms with Crippen LogP contribution in [0.3, 0.4) is 0 Å². The molecule has 0 saturated carbocycles. The third-order valence-electron chi connectivity index (χ3n) is 3.22. The van der Waals surface area contributed by atoms with Crippen molar-refractivity contribution >= 4 is 6.29 Å². The second kappa shape index (κ2) is 4.75. The number of ether oxygens (including phenoxy) is 2. The monoisotopic (exact) mass is 235 g/mol. The molecule has 0 radical (unpaired) electrons. The van der Waals surface area contributed by atoms with Gasteiger partial charge in [-0.05, 0) is 25.1 Å². The Hall–Kier alpha value is -1.55. The second-order valence-corrected chi connectivity index (χ2v) is 4.26. The summed E-state index contributed by atoms with van der Waals surface area (Å²) in [5.41, 5.74) is 2.86. The predicted octanol–water partition coefficient (Wildman–Crippen LogP) is 1.50. The number of carbonyl (C=O) groups is 1. The number of carbonyl (C=O) groups excluding carboxylic acids is 1. The van der Waals surface area contributed by atoms with Gasteiger partial charge in [-0.15, -0.1) is 0 Å². The highest BCUT2D eigenvalue weighted by Gasteiger charge is 2.23. The van der Waals surface area contributed by atoms with E-state index in [0.717, 1.165) is 42.7 Å². The molecule has 0 spiro atoms. The summed E-state index contributed by atoms with van der Waals surface area (Å²) in [6.07, 6.45) is 1.77. The van der Waals surface area contributed by atoms with Crippen LogP contribution in [-0.4, -0.2) is 39.0 Å². The van der Waals surface area contributed by atoms with Gasteiger partial charge in [-0.3, -0.25) is 4.79 Å². The lowest BCUT2D eigenvalue weighted by atomic mass is 9.94. The lowest BCUT2D eigenvalue weighted by Crippen LogP contribution is -2.28. The van der Waals surface area contributed by atoms with Crippen LogP contribution in [0, 0.1) is 0 Å². The van der Waals surface area contributed by atoms with Crippen LogP contribution in [0.2, 0.25) is 0 Å². The molecule has 0 unspecified atom stereocenters. The Labute approximate surface area is 101 Å². The quantitative estimate of drug-likeness (QED) is 0.744. The zero-order chi connectivity index (χ0) is 12.4. The number of methoxy groups -OCH3 is 2. The van der Waals surface area contributed by atoms with Crippen LogP contribution in [0.15, 0.2) is 6.07 Å². The van der Waals surface area contributed by atoms with Crippen molar-refractivity contribution in [3.05, 3.63) is 22.8 Å². The van der Waals surface area contributed by atoms with Crippen molar-refractivity contribution in [2.45, 2.75) is 13.0 Å². The standard InChI is InChI=1S/C13H17NO3/c1-14-5-4-10-11(7-14)9(8-15)6-12(16-2)13(10)17-3/h6,8H,4-5,7H2,1-3H3. The minimum Gasteiger partial charge on any atom is -0.493 e. The van der Waals surface area contributed by atoms with E-state index in [9.17, 15) is 4.79 Å². The normalized spacial score (nSPS) is 15.2. The van der Waals surface area contributed by atoms with E-state index < -0.39 is 0 Å². The Morgan fingerprint density at radius 3 is 2.65 bits per heavy atom. The van der Waals surface area contributed by atoms with Crippen LogP contribution in [0.25, 0.3) is 0 Å². The highest BCUT2D eigenvalue weighted by atomic mass is 16.5. The zero-order valence-electron chi connectivity index (χ0n) is 10.4. The summed E-state index contributed by atoms with van der Waals surface area (Å²) >= 11 is 0. The molecule has 1 aliphatic heterocycles. The first-order chi connectivity index (χ1) is 8.21. The van der Waals surface area contributed by atoms with Gasteiger partial charge < -0.3 is 14.4 Å². The Balaban J connectivity index is 2.62. The molecule has 0 saturated heterocycles. The molecule has 4 nitrogen and oxygen atoms in total. The molecular weight excluding hydrogens is 218 g/mol. The van der Waals surface area contributed by atoms with E-state index >= 15 is 0 Å². The average Bonchev–Trinajstić information content (AvgIpc) is 2.36. The molecule has 0 aliphatic carbocycles. The lowest BCUT2D eigenvalue weighted by molar-refractivity contribution is 0.112. The number of likely N-dealkylation sites (N-methyl/N-ethyl adjacent to an activating group) is 1. The molecule has 1 aliphatic rings. The first-order valence-corrected chi connectivity index (χ1v) is 5.61. The molecule has 0 N–H and O–H groups in total. The van der Waals surface area contributed by atoms with Crippen LogP contribution < -0.4 is 9.47 Å². The maximum atomic E-state index is 11.1. The molecule has 92 valence electrons. The van der Waals surface area contributed by atoms with Gasteiger partial charge in [0.15, 0.2) is 17.8 Å². The van der Waals surface area contributed by atoms with Crippen LogP contribution in [0.4, 0.5) is 0 Å². The van der Waals surface area contributed by atoms with Gasteiger partial charge in [0.1, 0.15) is 0 Å². The van der Waals surface area contributed by atoms with Crippen molar-refractivity contribution in [2.75, 3.05) is 27.8 Å². The summed E-state index contributed by atoms with van der Waals surface area (Å²) in [6, 6.07) is 1.75. The van der Waals surface area contributed by atoms with Gasteiger partial charge in [0.05, 0.1) is 14.2 Å². The van der Waals surface area contributed by atoms with Gasteiger partial charge in [-0.25, -0.2) is 0 Å². The molecule has 0 atom stereocenters. The third-order valence-corrected chi connectivity index (χ3v) is 3.22. The molecule has 4 heteroatoms. The highest BCUT2D eigenvalue weighted by Crippen LogP contribution is 2.38. The molecule has 0 aromatic heterocycles. The van der Waals surface area contributed by atoms with Gasteiger partial charge >= 0.3 is 0 Å². The van der Waals surface area contributed by atoms with Gasteiger partial charge in [0.25, 0.3) is 0 Å². The number of hydrogen-bond donors (Lipinski definition) is 0. The van der Waals surface area contributed by atoms with Crippen LogP contribution in [0.5, 0.6) is 11.5 Å². The van der Waals surface area contributed by atoms with E-state index in [0.29, 0.717) is 11.3 Å². The summed E-state index contributed by atoms with van der Waals surface area (Å²) in [5, 5.41) is 0. The van der Waals surface area contributed by atoms with E-state index in [1.165, 1.54) is 0 Å². The predicted molar refractivity (Wildman–Crippen MR) is 65.0 cm³/mol. The number of rotatable bonds is 3. The molecule has 0 fully saturated rings. The third kappa shape index (κ3) is 2.00. The van der Waals surface area contributed by atoms with Crippen LogP contribution in [-0.2, 0) is 13.0 Å². The SMILES string of the molecule is COc1cc(C=O)c2c(c1OC)CCN(C)C2. The molecule has 0 bridgehead atoms. The topological polar surface area (TPSA) is 38.8 Å². The fourth-order valence-electron chi connectivity index (χ4n) is 2.34.